The number of aliphatic hydroxyl groups is 1. The lowest BCUT2D eigenvalue weighted by molar-refractivity contribution is -0.117. The Kier molecular flexibility index (Phi) is 4.97. The van der Waals surface area contributed by atoms with Gasteiger partial charge in [-0.05, 0) is 43.4 Å². The molecule has 19 heavy (non-hydrogen) atoms. The van der Waals surface area contributed by atoms with Crippen LogP contribution in [0.3, 0.4) is 0 Å². The lowest BCUT2D eigenvalue weighted by atomic mass is 9.87. The third kappa shape index (κ3) is 4.35. The molecule has 3 nitrogen and oxygen atoms in total. The predicted molar refractivity (Wildman–Crippen MR) is 76.9 cm³/mol. The van der Waals surface area contributed by atoms with Crippen molar-refractivity contribution in [1.29, 1.82) is 0 Å². The fourth-order valence-corrected chi connectivity index (χ4v) is 2.74. The fraction of sp³-hybridized carbons (Fsp3) is 0.562. The van der Waals surface area contributed by atoms with Crippen LogP contribution < -0.4 is 5.32 Å². The normalized spacial score (nSPS) is 18.0. The van der Waals surface area contributed by atoms with E-state index in [1.54, 1.807) is 6.92 Å². The number of carbonyl (C=O) groups excluding carboxylic acids is 1. The maximum absolute atomic E-state index is 12.0. The third-order valence-corrected chi connectivity index (χ3v) is 3.85. The van der Waals surface area contributed by atoms with E-state index < -0.39 is 6.10 Å². The van der Waals surface area contributed by atoms with Crippen molar-refractivity contribution in [3.8, 4) is 0 Å². The van der Waals surface area contributed by atoms with Crippen LogP contribution in [0, 0.1) is 5.92 Å². The summed E-state index contributed by atoms with van der Waals surface area (Å²) >= 11 is 0. The zero-order valence-electron chi connectivity index (χ0n) is 11.6. The highest BCUT2D eigenvalue weighted by atomic mass is 16.3. The Labute approximate surface area is 115 Å². The number of aliphatic hydroxyl groups excluding tert-OH is 1. The second-order valence-corrected chi connectivity index (χ2v) is 5.56. The van der Waals surface area contributed by atoms with E-state index >= 15 is 0 Å². The molecule has 104 valence electrons. The largest absolute Gasteiger partial charge is 0.389 e. The van der Waals surface area contributed by atoms with Gasteiger partial charge < -0.3 is 10.4 Å². The average Bonchev–Trinajstić information content (AvgIpc) is 2.40. The van der Waals surface area contributed by atoms with Crippen molar-refractivity contribution in [3.05, 3.63) is 29.8 Å². The van der Waals surface area contributed by atoms with Gasteiger partial charge in [0.1, 0.15) is 0 Å². The Bertz CT molecular complexity index is 423. The molecule has 1 fully saturated rings. The van der Waals surface area contributed by atoms with Crippen molar-refractivity contribution in [2.24, 2.45) is 5.92 Å². The molecule has 1 unspecified atom stereocenters. The number of benzene rings is 1. The van der Waals surface area contributed by atoms with Crippen molar-refractivity contribution in [2.75, 3.05) is 5.32 Å². The summed E-state index contributed by atoms with van der Waals surface area (Å²) in [7, 11) is 0. The molecule has 0 aliphatic heterocycles. The lowest BCUT2D eigenvalue weighted by Gasteiger charge is -2.20. The molecule has 1 saturated carbocycles. The highest BCUT2D eigenvalue weighted by molar-refractivity contribution is 5.90. The summed E-state index contributed by atoms with van der Waals surface area (Å²) in [6, 6.07) is 7.42. The molecule has 0 aromatic heterocycles. The molecule has 3 heteroatoms. The van der Waals surface area contributed by atoms with E-state index in [1.165, 1.54) is 32.1 Å². The van der Waals surface area contributed by atoms with Crippen LogP contribution in [0.15, 0.2) is 24.3 Å². The van der Waals surface area contributed by atoms with Gasteiger partial charge in [0.05, 0.1) is 6.10 Å². The van der Waals surface area contributed by atoms with E-state index in [9.17, 15) is 9.90 Å². The van der Waals surface area contributed by atoms with E-state index in [1.807, 2.05) is 24.3 Å². The maximum Gasteiger partial charge on any atom is 0.224 e. The van der Waals surface area contributed by atoms with Gasteiger partial charge in [-0.25, -0.2) is 0 Å². The second-order valence-electron chi connectivity index (χ2n) is 5.56. The van der Waals surface area contributed by atoms with Crippen LogP contribution in [0.1, 0.15) is 57.1 Å². The predicted octanol–water partition coefficient (Wildman–Crippen LogP) is 3.65. The van der Waals surface area contributed by atoms with Crippen LogP contribution in [-0.4, -0.2) is 11.0 Å². The standard InChI is InChI=1S/C16H23NO2/c1-12(18)14-8-5-9-15(11-14)17-16(19)10-13-6-3-2-4-7-13/h5,8-9,11-13,18H,2-4,6-7,10H2,1H3,(H,17,19). The Morgan fingerprint density at radius 3 is 2.79 bits per heavy atom. The zero-order chi connectivity index (χ0) is 13.7. The first-order valence-corrected chi connectivity index (χ1v) is 7.23. The number of hydrogen-bond acceptors (Lipinski definition) is 2. The Morgan fingerprint density at radius 1 is 1.37 bits per heavy atom. The lowest BCUT2D eigenvalue weighted by Crippen LogP contribution is -2.18. The maximum atomic E-state index is 12.0. The average molecular weight is 261 g/mol. The second kappa shape index (κ2) is 6.71. The van der Waals surface area contributed by atoms with Crippen molar-refractivity contribution in [2.45, 2.75) is 51.6 Å². The van der Waals surface area contributed by atoms with Gasteiger partial charge in [-0.1, -0.05) is 31.4 Å². The Hall–Kier alpha value is -1.35. The third-order valence-electron chi connectivity index (χ3n) is 3.85. The van der Waals surface area contributed by atoms with E-state index in [0.29, 0.717) is 12.3 Å². The summed E-state index contributed by atoms with van der Waals surface area (Å²) < 4.78 is 0. The monoisotopic (exact) mass is 261 g/mol. The molecule has 1 amide bonds. The molecule has 1 aliphatic rings. The minimum absolute atomic E-state index is 0.0923. The van der Waals surface area contributed by atoms with Gasteiger partial charge in [0.15, 0.2) is 0 Å². The summed E-state index contributed by atoms with van der Waals surface area (Å²) in [6.45, 7) is 1.73. The topological polar surface area (TPSA) is 49.3 Å². The van der Waals surface area contributed by atoms with Gasteiger partial charge in [-0.3, -0.25) is 4.79 Å². The molecular formula is C16H23NO2. The summed E-state index contributed by atoms with van der Waals surface area (Å²) in [5, 5.41) is 12.5. The number of carbonyl (C=O) groups is 1. The first-order valence-electron chi connectivity index (χ1n) is 7.23. The van der Waals surface area contributed by atoms with Gasteiger partial charge in [0.25, 0.3) is 0 Å². The van der Waals surface area contributed by atoms with Crippen molar-refractivity contribution in [1.82, 2.24) is 0 Å². The van der Waals surface area contributed by atoms with Crippen molar-refractivity contribution in [3.63, 3.8) is 0 Å². The minimum atomic E-state index is -0.504. The van der Waals surface area contributed by atoms with Crippen molar-refractivity contribution < 1.29 is 9.90 Å². The number of amides is 1. The van der Waals surface area contributed by atoms with Gasteiger partial charge in [-0.15, -0.1) is 0 Å². The summed E-state index contributed by atoms with van der Waals surface area (Å²) in [5.41, 5.74) is 1.61. The minimum Gasteiger partial charge on any atom is -0.389 e. The van der Waals surface area contributed by atoms with E-state index in [4.69, 9.17) is 0 Å². The molecule has 1 atom stereocenters. The van der Waals surface area contributed by atoms with Crippen LogP contribution in [0.5, 0.6) is 0 Å². The zero-order valence-corrected chi connectivity index (χ0v) is 11.6. The molecule has 2 rings (SSSR count). The molecule has 1 aromatic carbocycles. The van der Waals surface area contributed by atoms with Crippen LogP contribution in [0.25, 0.3) is 0 Å². The number of rotatable bonds is 4. The van der Waals surface area contributed by atoms with Crippen molar-refractivity contribution >= 4 is 11.6 Å². The number of hydrogen-bond donors (Lipinski definition) is 2. The molecule has 0 saturated heterocycles. The Balaban J connectivity index is 1.89. The van der Waals surface area contributed by atoms with Gasteiger partial charge in [-0.2, -0.15) is 0 Å². The highest BCUT2D eigenvalue weighted by Crippen LogP contribution is 2.26. The smallest absolute Gasteiger partial charge is 0.224 e. The van der Waals surface area contributed by atoms with Gasteiger partial charge in [0, 0.05) is 12.1 Å². The highest BCUT2D eigenvalue weighted by Gasteiger charge is 2.17. The number of anilines is 1. The van der Waals surface area contributed by atoms with Crippen LogP contribution in [0.2, 0.25) is 0 Å². The molecule has 1 aromatic rings. The molecule has 2 N–H and O–H groups in total. The van der Waals surface area contributed by atoms with E-state index in [-0.39, 0.29) is 5.91 Å². The van der Waals surface area contributed by atoms with Crippen LogP contribution >= 0.6 is 0 Å². The van der Waals surface area contributed by atoms with E-state index in [2.05, 4.69) is 5.32 Å². The molecule has 0 radical (unpaired) electrons. The summed E-state index contributed by atoms with van der Waals surface area (Å²) in [5.74, 6) is 0.642. The molecule has 0 spiro atoms. The quantitative estimate of drug-likeness (QED) is 0.869. The fourth-order valence-electron chi connectivity index (χ4n) is 2.74. The Morgan fingerprint density at radius 2 is 2.11 bits per heavy atom. The SMILES string of the molecule is CC(O)c1cccc(NC(=O)CC2CCCCC2)c1. The first-order chi connectivity index (χ1) is 9.15. The molecule has 0 bridgehead atoms. The van der Waals surface area contributed by atoms with Gasteiger partial charge >= 0.3 is 0 Å². The number of nitrogens with one attached hydrogen (secondary N) is 1. The molecule has 0 heterocycles. The van der Waals surface area contributed by atoms with E-state index in [0.717, 1.165) is 11.3 Å². The first kappa shape index (κ1) is 14.1. The van der Waals surface area contributed by atoms with Gasteiger partial charge in [0.2, 0.25) is 5.91 Å². The summed E-state index contributed by atoms with van der Waals surface area (Å²) in [4.78, 5) is 12.0. The summed E-state index contributed by atoms with van der Waals surface area (Å²) in [6.07, 6.45) is 6.32. The van der Waals surface area contributed by atoms with Crippen LogP contribution in [0.4, 0.5) is 5.69 Å². The molecule has 1 aliphatic carbocycles. The van der Waals surface area contributed by atoms with Crippen LogP contribution in [-0.2, 0) is 4.79 Å². The molecular weight excluding hydrogens is 238 g/mol.